The van der Waals surface area contributed by atoms with Crippen LogP contribution in [0.15, 0.2) is 54.6 Å². The summed E-state index contributed by atoms with van der Waals surface area (Å²) in [5.74, 6) is -0.509. The molecule has 0 fully saturated rings. The van der Waals surface area contributed by atoms with Gasteiger partial charge in [-0.2, -0.15) is 0 Å². The SMILES string of the molecule is CCc1ccc(C(=O)N(NC(=O)c2ccccc2)C(C)C)cc1. The number of benzene rings is 2. The Morgan fingerprint density at radius 2 is 1.57 bits per heavy atom. The smallest absolute Gasteiger partial charge is 0.267 e. The molecule has 0 aromatic heterocycles. The number of nitrogens with zero attached hydrogens (tertiary/aromatic N) is 1. The minimum atomic E-state index is -0.294. The van der Waals surface area contributed by atoms with Crippen molar-refractivity contribution < 1.29 is 9.59 Å². The van der Waals surface area contributed by atoms with E-state index in [9.17, 15) is 9.59 Å². The molecule has 2 rings (SSSR count). The van der Waals surface area contributed by atoms with Gasteiger partial charge in [0.2, 0.25) is 0 Å². The van der Waals surface area contributed by atoms with E-state index in [0.717, 1.165) is 6.42 Å². The molecule has 4 nitrogen and oxygen atoms in total. The van der Waals surface area contributed by atoms with Crippen molar-refractivity contribution in [1.29, 1.82) is 0 Å². The zero-order valence-electron chi connectivity index (χ0n) is 13.7. The predicted molar refractivity (Wildman–Crippen MR) is 91.0 cm³/mol. The van der Waals surface area contributed by atoms with E-state index in [4.69, 9.17) is 0 Å². The van der Waals surface area contributed by atoms with Gasteiger partial charge >= 0.3 is 0 Å². The summed E-state index contributed by atoms with van der Waals surface area (Å²) in [5, 5.41) is 1.37. The summed E-state index contributed by atoms with van der Waals surface area (Å²) in [7, 11) is 0. The van der Waals surface area contributed by atoms with Gasteiger partial charge in [-0.25, -0.2) is 5.01 Å². The van der Waals surface area contributed by atoms with E-state index in [0.29, 0.717) is 11.1 Å². The van der Waals surface area contributed by atoms with Gasteiger partial charge in [0.15, 0.2) is 0 Å². The number of rotatable bonds is 4. The Kier molecular flexibility index (Phi) is 5.52. The first-order chi connectivity index (χ1) is 11.0. The van der Waals surface area contributed by atoms with Gasteiger partial charge in [0.05, 0.1) is 0 Å². The average Bonchev–Trinajstić information content (AvgIpc) is 2.59. The highest BCUT2D eigenvalue weighted by molar-refractivity contribution is 5.99. The van der Waals surface area contributed by atoms with Crippen molar-refractivity contribution in [2.45, 2.75) is 33.2 Å². The van der Waals surface area contributed by atoms with Crippen LogP contribution in [-0.2, 0) is 6.42 Å². The molecular formula is C19H22N2O2. The lowest BCUT2D eigenvalue weighted by molar-refractivity contribution is 0.0516. The summed E-state index contributed by atoms with van der Waals surface area (Å²) in [6.45, 7) is 5.80. The molecule has 0 radical (unpaired) electrons. The predicted octanol–water partition coefficient (Wildman–Crippen LogP) is 3.44. The Morgan fingerprint density at radius 3 is 2.09 bits per heavy atom. The number of carbonyl (C=O) groups excluding carboxylic acids is 2. The van der Waals surface area contributed by atoms with Gasteiger partial charge in [0.25, 0.3) is 11.8 Å². The molecular weight excluding hydrogens is 288 g/mol. The molecule has 0 bridgehead atoms. The molecule has 120 valence electrons. The fourth-order valence-corrected chi connectivity index (χ4v) is 2.20. The van der Waals surface area contributed by atoms with Gasteiger partial charge in [-0.05, 0) is 50.1 Å². The molecule has 0 saturated carbocycles. The molecule has 0 spiro atoms. The van der Waals surface area contributed by atoms with Crippen LogP contribution in [0.5, 0.6) is 0 Å². The van der Waals surface area contributed by atoms with Gasteiger partial charge in [-0.1, -0.05) is 37.3 Å². The van der Waals surface area contributed by atoms with E-state index in [1.54, 1.807) is 36.4 Å². The van der Waals surface area contributed by atoms with Crippen molar-refractivity contribution in [2.75, 3.05) is 0 Å². The van der Waals surface area contributed by atoms with Crippen LogP contribution in [0.2, 0.25) is 0 Å². The van der Waals surface area contributed by atoms with Crippen LogP contribution in [0.3, 0.4) is 0 Å². The van der Waals surface area contributed by atoms with Crippen molar-refractivity contribution in [3.05, 3.63) is 71.3 Å². The van der Waals surface area contributed by atoms with Crippen molar-refractivity contribution >= 4 is 11.8 Å². The highest BCUT2D eigenvalue weighted by Crippen LogP contribution is 2.10. The zero-order chi connectivity index (χ0) is 16.8. The van der Waals surface area contributed by atoms with Crippen LogP contribution in [-0.4, -0.2) is 22.9 Å². The highest BCUT2D eigenvalue weighted by Gasteiger charge is 2.21. The molecule has 0 atom stereocenters. The Balaban J connectivity index is 2.17. The zero-order valence-corrected chi connectivity index (χ0v) is 13.7. The van der Waals surface area contributed by atoms with Crippen molar-refractivity contribution in [3.63, 3.8) is 0 Å². The lowest BCUT2D eigenvalue weighted by atomic mass is 10.1. The molecule has 2 amide bonds. The molecule has 2 aromatic carbocycles. The molecule has 0 aliphatic carbocycles. The molecule has 2 aromatic rings. The first kappa shape index (κ1) is 16.7. The van der Waals surface area contributed by atoms with E-state index >= 15 is 0 Å². The van der Waals surface area contributed by atoms with Crippen molar-refractivity contribution in [3.8, 4) is 0 Å². The second-order valence-corrected chi connectivity index (χ2v) is 5.63. The lowest BCUT2D eigenvalue weighted by Gasteiger charge is -2.27. The normalized spacial score (nSPS) is 10.4. The lowest BCUT2D eigenvalue weighted by Crippen LogP contribution is -2.50. The van der Waals surface area contributed by atoms with Crippen molar-refractivity contribution in [1.82, 2.24) is 10.4 Å². The van der Waals surface area contributed by atoms with Gasteiger partial charge in [0, 0.05) is 17.2 Å². The van der Waals surface area contributed by atoms with Crippen LogP contribution >= 0.6 is 0 Å². The molecule has 0 saturated heterocycles. The van der Waals surface area contributed by atoms with Crippen LogP contribution in [0, 0.1) is 0 Å². The number of hydrogen-bond donors (Lipinski definition) is 1. The topological polar surface area (TPSA) is 49.4 Å². The Labute approximate surface area is 137 Å². The number of hydrogen-bond acceptors (Lipinski definition) is 2. The van der Waals surface area contributed by atoms with Gasteiger partial charge in [-0.3, -0.25) is 15.0 Å². The van der Waals surface area contributed by atoms with E-state index in [-0.39, 0.29) is 17.9 Å². The molecule has 0 aliphatic rings. The molecule has 1 N–H and O–H groups in total. The third-order valence-electron chi connectivity index (χ3n) is 3.60. The first-order valence-corrected chi connectivity index (χ1v) is 7.81. The number of carbonyl (C=O) groups is 2. The summed E-state index contributed by atoms with van der Waals surface area (Å²) in [6.07, 6.45) is 0.924. The van der Waals surface area contributed by atoms with E-state index < -0.39 is 0 Å². The maximum atomic E-state index is 12.7. The molecule has 23 heavy (non-hydrogen) atoms. The fraction of sp³-hybridized carbons (Fsp3) is 0.263. The minimum absolute atomic E-state index is 0.152. The monoisotopic (exact) mass is 310 g/mol. The first-order valence-electron chi connectivity index (χ1n) is 7.81. The van der Waals surface area contributed by atoms with Gasteiger partial charge in [-0.15, -0.1) is 0 Å². The Bertz CT molecular complexity index is 664. The number of amides is 2. The third kappa shape index (κ3) is 4.19. The average molecular weight is 310 g/mol. The maximum absolute atomic E-state index is 12.7. The van der Waals surface area contributed by atoms with E-state index in [1.807, 2.05) is 32.0 Å². The molecule has 0 aliphatic heterocycles. The van der Waals surface area contributed by atoms with Crippen LogP contribution in [0.25, 0.3) is 0 Å². The molecule has 4 heteroatoms. The summed E-state index contributed by atoms with van der Waals surface area (Å²) in [4.78, 5) is 25.0. The van der Waals surface area contributed by atoms with Gasteiger partial charge < -0.3 is 0 Å². The van der Waals surface area contributed by atoms with Gasteiger partial charge in [0.1, 0.15) is 0 Å². The second kappa shape index (κ2) is 7.58. The largest absolute Gasteiger partial charge is 0.272 e. The van der Waals surface area contributed by atoms with E-state index in [2.05, 4.69) is 12.3 Å². The quantitative estimate of drug-likeness (QED) is 0.879. The standard InChI is InChI=1S/C19H22N2O2/c1-4-15-10-12-17(13-11-15)19(23)21(14(2)3)20-18(22)16-8-6-5-7-9-16/h5-14H,4H2,1-3H3,(H,20,22). The Morgan fingerprint density at radius 1 is 0.957 bits per heavy atom. The van der Waals surface area contributed by atoms with Crippen molar-refractivity contribution in [2.24, 2.45) is 0 Å². The van der Waals surface area contributed by atoms with Crippen LogP contribution < -0.4 is 5.43 Å². The summed E-state index contributed by atoms with van der Waals surface area (Å²) < 4.78 is 0. The molecule has 0 heterocycles. The third-order valence-corrected chi connectivity index (χ3v) is 3.60. The van der Waals surface area contributed by atoms with Crippen LogP contribution in [0.4, 0.5) is 0 Å². The summed E-state index contributed by atoms with van der Waals surface area (Å²) in [6, 6.07) is 16.2. The fourth-order valence-electron chi connectivity index (χ4n) is 2.20. The summed E-state index contributed by atoms with van der Waals surface area (Å²) in [5.41, 5.74) is 4.96. The molecule has 0 unspecified atom stereocenters. The summed E-state index contributed by atoms with van der Waals surface area (Å²) >= 11 is 0. The second-order valence-electron chi connectivity index (χ2n) is 5.63. The van der Waals surface area contributed by atoms with Crippen LogP contribution in [0.1, 0.15) is 47.1 Å². The minimum Gasteiger partial charge on any atom is -0.267 e. The Hall–Kier alpha value is -2.62. The maximum Gasteiger partial charge on any atom is 0.272 e. The van der Waals surface area contributed by atoms with E-state index in [1.165, 1.54) is 10.6 Å². The highest BCUT2D eigenvalue weighted by atomic mass is 16.2. The number of hydrazine groups is 1. The number of aryl methyl sites for hydroxylation is 1. The number of nitrogens with one attached hydrogen (secondary N) is 1.